The minimum absolute atomic E-state index is 0. The van der Waals surface area contributed by atoms with Gasteiger partial charge in [-0.15, -0.1) is 0 Å². The number of rotatable bonds is 3. The maximum atomic E-state index is 9.99. The van der Waals surface area contributed by atoms with Gasteiger partial charge in [-0.25, -0.2) is 8.42 Å². The van der Waals surface area contributed by atoms with E-state index in [4.69, 9.17) is 15.3 Å². The van der Waals surface area contributed by atoms with E-state index in [1.165, 1.54) is 0 Å². The minimum atomic E-state index is -5.06. The molecule has 0 unspecified atom stereocenters. The first-order chi connectivity index (χ1) is 4.37. The fourth-order valence-corrected chi connectivity index (χ4v) is 0.524. The van der Waals surface area contributed by atoms with Crippen LogP contribution in [0.5, 0.6) is 0 Å². The molecule has 0 amide bonds. The summed E-state index contributed by atoms with van der Waals surface area (Å²) in [6.07, 6.45) is 0. The van der Waals surface area contributed by atoms with Crippen molar-refractivity contribution in [2.45, 2.75) is 4.93 Å². The van der Waals surface area contributed by atoms with Crippen molar-refractivity contribution >= 4 is 10.1 Å². The summed E-state index contributed by atoms with van der Waals surface area (Å²) >= 11 is 0. The zero-order valence-electron chi connectivity index (χ0n) is 5.89. The van der Waals surface area contributed by atoms with E-state index in [1.807, 2.05) is 0 Å². The molecule has 0 saturated heterocycles. The molecular formula is C3H7NaO6S. The Kier molecular flexibility index (Phi) is 6.16. The van der Waals surface area contributed by atoms with Crippen LogP contribution in [0, 0.1) is 0 Å². The number of aliphatic hydroxyl groups is 3. The first-order valence-corrected chi connectivity index (χ1v) is 3.68. The molecular weight excluding hydrogens is 187 g/mol. The van der Waals surface area contributed by atoms with Gasteiger partial charge in [0.1, 0.15) is 10.1 Å². The number of aliphatic hydroxyl groups excluding tert-OH is 2. The molecule has 0 aliphatic heterocycles. The van der Waals surface area contributed by atoms with E-state index in [1.54, 1.807) is 0 Å². The predicted octanol–water partition coefficient (Wildman–Crippen LogP) is -5.79. The molecule has 0 heterocycles. The molecule has 0 fully saturated rings. The zero-order chi connectivity index (χ0) is 8.41. The Morgan fingerprint density at radius 3 is 1.55 bits per heavy atom. The fraction of sp³-hybridized carbons (Fsp3) is 1.00. The molecule has 8 heteroatoms. The van der Waals surface area contributed by atoms with Crippen molar-refractivity contribution in [3.8, 4) is 0 Å². The normalized spacial score (nSPS) is 12.4. The maximum Gasteiger partial charge on any atom is 1.00 e. The number of hydrogen-bond donors (Lipinski definition) is 3. The Morgan fingerprint density at radius 1 is 1.27 bits per heavy atom. The molecule has 0 aromatic rings. The van der Waals surface area contributed by atoms with E-state index in [9.17, 15) is 13.0 Å². The zero-order valence-corrected chi connectivity index (χ0v) is 8.71. The maximum absolute atomic E-state index is 9.99. The van der Waals surface area contributed by atoms with Crippen LogP contribution < -0.4 is 29.6 Å². The second kappa shape index (κ2) is 4.73. The first-order valence-electron chi connectivity index (χ1n) is 2.27. The minimum Gasteiger partial charge on any atom is -0.746 e. The second-order valence-electron chi connectivity index (χ2n) is 1.72. The first kappa shape index (κ1) is 14.3. The smallest absolute Gasteiger partial charge is 0.746 e. The van der Waals surface area contributed by atoms with Crippen LogP contribution in [0.4, 0.5) is 0 Å². The third kappa shape index (κ3) is 3.34. The van der Waals surface area contributed by atoms with Gasteiger partial charge in [-0.1, -0.05) is 0 Å². The van der Waals surface area contributed by atoms with E-state index >= 15 is 0 Å². The van der Waals surface area contributed by atoms with Crippen molar-refractivity contribution in [1.82, 2.24) is 0 Å². The molecule has 62 valence electrons. The van der Waals surface area contributed by atoms with Crippen LogP contribution in [0.15, 0.2) is 0 Å². The Bertz CT molecular complexity index is 194. The van der Waals surface area contributed by atoms with Crippen molar-refractivity contribution in [2.24, 2.45) is 0 Å². The van der Waals surface area contributed by atoms with Crippen LogP contribution in [0.3, 0.4) is 0 Å². The van der Waals surface area contributed by atoms with E-state index in [-0.39, 0.29) is 29.6 Å². The molecule has 0 rings (SSSR count). The molecule has 0 aromatic carbocycles. The van der Waals surface area contributed by atoms with Crippen molar-refractivity contribution in [1.29, 1.82) is 0 Å². The van der Waals surface area contributed by atoms with Crippen molar-refractivity contribution in [3.05, 3.63) is 0 Å². The Balaban J connectivity index is 0. The van der Waals surface area contributed by atoms with Crippen LogP contribution in [0.1, 0.15) is 0 Å². The third-order valence-corrected chi connectivity index (χ3v) is 2.15. The van der Waals surface area contributed by atoms with Crippen molar-refractivity contribution < 1.29 is 57.8 Å². The summed E-state index contributed by atoms with van der Waals surface area (Å²) in [5, 5.41) is 24.8. The van der Waals surface area contributed by atoms with Gasteiger partial charge >= 0.3 is 29.6 Å². The van der Waals surface area contributed by atoms with Crippen LogP contribution in [0.2, 0.25) is 0 Å². The summed E-state index contributed by atoms with van der Waals surface area (Å²) in [5.74, 6) is 0. The standard InChI is InChI=1S/C3H8O6S.Na/c4-1-3(6,2-5)10(7,8)9;/h4-6H,1-2H2,(H,7,8,9);/q;+1/p-1. The second-order valence-corrected chi connectivity index (χ2v) is 3.38. The topological polar surface area (TPSA) is 118 Å². The molecule has 0 aromatic heterocycles. The van der Waals surface area contributed by atoms with E-state index in [2.05, 4.69) is 0 Å². The van der Waals surface area contributed by atoms with E-state index < -0.39 is 28.3 Å². The Morgan fingerprint density at radius 2 is 1.55 bits per heavy atom. The molecule has 0 bridgehead atoms. The molecule has 0 atom stereocenters. The van der Waals surface area contributed by atoms with Gasteiger partial charge in [-0.3, -0.25) is 0 Å². The Hall–Kier alpha value is 0.790. The Labute approximate surface area is 85.9 Å². The summed E-state index contributed by atoms with van der Waals surface area (Å²) in [5.41, 5.74) is 0. The predicted molar refractivity (Wildman–Crippen MR) is 28.8 cm³/mol. The number of hydrogen-bond acceptors (Lipinski definition) is 6. The van der Waals surface area contributed by atoms with Crippen LogP contribution in [0.25, 0.3) is 0 Å². The van der Waals surface area contributed by atoms with Crippen molar-refractivity contribution in [3.63, 3.8) is 0 Å². The molecule has 0 aliphatic rings. The van der Waals surface area contributed by atoms with Crippen LogP contribution >= 0.6 is 0 Å². The molecule has 0 aliphatic carbocycles. The summed E-state index contributed by atoms with van der Waals surface area (Å²) in [6, 6.07) is 0. The van der Waals surface area contributed by atoms with Crippen molar-refractivity contribution in [2.75, 3.05) is 13.2 Å². The average Bonchev–Trinajstić information content (AvgIpc) is 1.84. The summed E-state index contributed by atoms with van der Waals surface area (Å²) in [6.45, 7) is -2.62. The van der Waals surface area contributed by atoms with Crippen LogP contribution in [-0.2, 0) is 10.1 Å². The van der Waals surface area contributed by atoms with Gasteiger partial charge in [0.05, 0.1) is 13.2 Å². The fourth-order valence-electron chi connectivity index (χ4n) is 0.208. The quantitative estimate of drug-likeness (QED) is 0.304. The average molecular weight is 194 g/mol. The van der Waals surface area contributed by atoms with Gasteiger partial charge in [0.2, 0.25) is 0 Å². The van der Waals surface area contributed by atoms with E-state index in [0.29, 0.717) is 0 Å². The van der Waals surface area contributed by atoms with Gasteiger partial charge < -0.3 is 19.9 Å². The summed E-state index contributed by atoms with van der Waals surface area (Å²) < 4.78 is 30.0. The SMILES string of the molecule is O=S(=O)([O-])C(O)(CO)CO.[Na+]. The molecule has 11 heavy (non-hydrogen) atoms. The molecule has 0 spiro atoms. The van der Waals surface area contributed by atoms with Crippen LogP contribution in [-0.4, -0.2) is 46.4 Å². The van der Waals surface area contributed by atoms with Gasteiger partial charge in [-0.05, 0) is 0 Å². The van der Waals surface area contributed by atoms with Gasteiger partial charge in [0.15, 0.2) is 4.93 Å². The van der Waals surface area contributed by atoms with Gasteiger partial charge in [0, 0.05) is 0 Å². The van der Waals surface area contributed by atoms with E-state index in [0.717, 1.165) is 0 Å². The third-order valence-electron chi connectivity index (χ3n) is 0.959. The molecule has 6 nitrogen and oxygen atoms in total. The summed E-state index contributed by atoms with van der Waals surface area (Å²) in [7, 11) is -5.06. The van der Waals surface area contributed by atoms with Gasteiger partial charge in [0.25, 0.3) is 0 Å². The molecule has 0 saturated carbocycles. The summed E-state index contributed by atoms with van der Waals surface area (Å²) in [4.78, 5) is -2.95. The largest absolute Gasteiger partial charge is 1.00 e. The molecule has 3 N–H and O–H groups in total. The monoisotopic (exact) mass is 194 g/mol. The molecule has 0 radical (unpaired) electrons. The van der Waals surface area contributed by atoms with Gasteiger partial charge in [-0.2, -0.15) is 0 Å².